The summed E-state index contributed by atoms with van der Waals surface area (Å²) in [6.45, 7) is 7.69. The zero-order valence-electron chi connectivity index (χ0n) is 11.3. The highest BCUT2D eigenvalue weighted by Crippen LogP contribution is 2.18. The van der Waals surface area contributed by atoms with Gasteiger partial charge in [0.1, 0.15) is 0 Å². The average molecular weight is 276 g/mol. The Labute approximate surface area is 110 Å². The number of rotatable bonds is 5. The molecule has 3 atom stereocenters. The first kappa shape index (κ1) is 14.2. The van der Waals surface area contributed by atoms with Gasteiger partial charge in [0.15, 0.2) is 0 Å². The number of likely N-dealkylation sites (N-methyl/N-ethyl adjacent to an activating group) is 1. The van der Waals surface area contributed by atoms with Gasteiger partial charge in [-0.3, -0.25) is 0 Å². The summed E-state index contributed by atoms with van der Waals surface area (Å²) in [4.78, 5) is 2.28. The van der Waals surface area contributed by atoms with E-state index in [4.69, 9.17) is 4.74 Å². The molecule has 2 aliphatic rings. The summed E-state index contributed by atoms with van der Waals surface area (Å²) in [5, 5.41) is 0. The van der Waals surface area contributed by atoms with Crippen molar-refractivity contribution < 1.29 is 13.2 Å². The summed E-state index contributed by atoms with van der Waals surface area (Å²) in [7, 11) is -3.21. The summed E-state index contributed by atoms with van der Waals surface area (Å²) in [5.41, 5.74) is 0. The second kappa shape index (κ2) is 5.86. The van der Waals surface area contributed by atoms with Crippen molar-refractivity contribution in [3.8, 4) is 0 Å². The first-order valence-corrected chi connectivity index (χ1v) is 8.49. The van der Waals surface area contributed by atoms with Crippen molar-refractivity contribution in [1.82, 2.24) is 9.62 Å². The fraction of sp³-hybridized carbons (Fsp3) is 1.00. The maximum Gasteiger partial charge on any atom is 0.214 e. The van der Waals surface area contributed by atoms with E-state index in [-0.39, 0.29) is 17.9 Å². The van der Waals surface area contributed by atoms with Crippen LogP contribution in [0.1, 0.15) is 26.7 Å². The van der Waals surface area contributed by atoms with Gasteiger partial charge in [-0.25, -0.2) is 13.1 Å². The molecule has 2 heterocycles. The molecule has 1 N–H and O–H groups in total. The van der Waals surface area contributed by atoms with Crippen LogP contribution in [0, 0.1) is 5.92 Å². The van der Waals surface area contributed by atoms with E-state index < -0.39 is 10.0 Å². The highest BCUT2D eigenvalue weighted by molar-refractivity contribution is 7.89. The number of sulfonamides is 1. The molecule has 0 radical (unpaired) electrons. The van der Waals surface area contributed by atoms with Gasteiger partial charge in [0.2, 0.25) is 10.0 Å². The number of nitrogens with one attached hydrogen (secondary N) is 1. The third-order valence-corrected chi connectivity index (χ3v) is 5.37. The molecular weight excluding hydrogens is 252 g/mol. The molecule has 0 saturated carbocycles. The fourth-order valence-corrected chi connectivity index (χ4v) is 4.39. The van der Waals surface area contributed by atoms with Crippen molar-refractivity contribution in [1.29, 1.82) is 0 Å². The molecule has 3 unspecified atom stereocenters. The van der Waals surface area contributed by atoms with Gasteiger partial charge < -0.3 is 9.64 Å². The number of hydrogen-bond donors (Lipinski definition) is 1. The predicted octanol–water partition coefficient (Wildman–Crippen LogP) is 0.425. The third-order valence-electron chi connectivity index (χ3n) is 3.90. The van der Waals surface area contributed by atoms with Crippen LogP contribution in [0.15, 0.2) is 0 Å². The van der Waals surface area contributed by atoms with E-state index in [0.717, 1.165) is 32.5 Å². The Morgan fingerprint density at radius 3 is 2.72 bits per heavy atom. The molecule has 0 aromatic carbocycles. The fourth-order valence-electron chi connectivity index (χ4n) is 2.78. The molecule has 106 valence electrons. The lowest BCUT2D eigenvalue weighted by Crippen LogP contribution is -2.42. The van der Waals surface area contributed by atoms with E-state index in [0.29, 0.717) is 12.5 Å². The van der Waals surface area contributed by atoms with Crippen LogP contribution in [0.2, 0.25) is 0 Å². The zero-order chi connectivity index (χ0) is 13.2. The summed E-state index contributed by atoms with van der Waals surface area (Å²) in [5.74, 6) is 0.492. The van der Waals surface area contributed by atoms with Gasteiger partial charge in [-0.05, 0) is 25.3 Å². The quantitative estimate of drug-likeness (QED) is 0.791. The summed E-state index contributed by atoms with van der Waals surface area (Å²) >= 11 is 0. The molecule has 6 heteroatoms. The molecule has 0 aliphatic carbocycles. The molecule has 2 saturated heterocycles. The Kier molecular flexibility index (Phi) is 4.64. The van der Waals surface area contributed by atoms with Gasteiger partial charge in [0, 0.05) is 25.7 Å². The molecular formula is C12H24N2O3S. The number of nitrogens with zero attached hydrogens (tertiary/aromatic N) is 1. The van der Waals surface area contributed by atoms with Gasteiger partial charge in [0.05, 0.1) is 11.9 Å². The summed E-state index contributed by atoms with van der Waals surface area (Å²) in [6.07, 6.45) is 1.73. The summed E-state index contributed by atoms with van der Waals surface area (Å²) in [6, 6.07) is 0.0522. The minimum Gasteiger partial charge on any atom is -0.377 e. The second-order valence-electron chi connectivity index (χ2n) is 5.47. The van der Waals surface area contributed by atoms with Crippen LogP contribution in [0.25, 0.3) is 0 Å². The largest absolute Gasteiger partial charge is 0.377 e. The molecule has 0 aromatic rings. The Balaban J connectivity index is 1.87. The van der Waals surface area contributed by atoms with E-state index >= 15 is 0 Å². The van der Waals surface area contributed by atoms with Gasteiger partial charge in [0.25, 0.3) is 0 Å². The standard InChI is InChI=1S/C12H24N2O3S/c1-3-14-7-10(2)12(8-14)13-18(15,16)9-11-5-4-6-17-11/h10-13H,3-9H2,1-2H3. The maximum atomic E-state index is 12.1. The average Bonchev–Trinajstić information content (AvgIpc) is 2.88. The number of ether oxygens (including phenoxy) is 1. The number of hydrogen-bond acceptors (Lipinski definition) is 4. The summed E-state index contributed by atoms with van der Waals surface area (Å²) < 4.78 is 32.4. The normalized spacial score (nSPS) is 34.2. The monoisotopic (exact) mass is 276 g/mol. The SMILES string of the molecule is CCN1CC(C)C(NS(=O)(=O)CC2CCCO2)C1. The van der Waals surface area contributed by atoms with E-state index in [1.165, 1.54) is 0 Å². The van der Waals surface area contributed by atoms with Crippen molar-refractivity contribution >= 4 is 10.0 Å². The van der Waals surface area contributed by atoms with Crippen LogP contribution in [-0.2, 0) is 14.8 Å². The second-order valence-corrected chi connectivity index (χ2v) is 7.27. The highest BCUT2D eigenvalue weighted by Gasteiger charge is 2.33. The lowest BCUT2D eigenvalue weighted by atomic mass is 10.1. The first-order valence-electron chi connectivity index (χ1n) is 6.84. The zero-order valence-corrected chi connectivity index (χ0v) is 12.1. The van der Waals surface area contributed by atoms with E-state index in [2.05, 4.69) is 23.5 Å². The van der Waals surface area contributed by atoms with Crippen LogP contribution in [0.3, 0.4) is 0 Å². The Hall–Kier alpha value is -0.170. The minimum absolute atomic E-state index is 0.0522. The van der Waals surface area contributed by atoms with Crippen LogP contribution < -0.4 is 4.72 Å². The molecule has 18 heavy (non-hydrogen) atoms. The van der Waals surface area contributed by atoms with Crippen LogP contribution in [0.5, 0.6) is 0 Å². The van der Waals surface area contributed by atoms with Gasteiger partial charge in [-0.2, -0.15) is 0 Å². The van der Waals surface area contributed by atoms with Crippen molar-refractivity contribution in [2.24, 2.45) is 5.92 Å². The lowest BCUT2D eigenvalue weighted by molar-refractivity contribution is 0.127. The smallest absolute Gasteiger partial charge is 0.214 e. The van der Waals surface area contributed by atoms with Gasteiger partial charge in [-0.1, -0.05) is 13.8 Å². The Bertz CT molecular complexity index is 366. The predicted molar refractivity (Wildman–Crippen MR) is 71.0 cm³/mol. The molecule has 5 nitrogen and oxygen atoms in total. The van der Waals surface area contributed by atoms with Crippen LogP contribution in [-0.4, -0.2) is 57.5 Å². The van der Waals surface area contributed by atoms with Crippen molar-refractivity contribution in [2.75, 3.05) is 32.0 Å². The molecule has 0 bridgehead atoms. The van der Waals surface area contributed by atoms with Crippen LogP contribution in [0.4, 0.5) is 0 Å². The molecule has 2 fully saturated rings. The van der Waals surface area contributed by atoms with E-state index in [1.54, 1.807) is 0 Å². The number of likely N-dealkylation sites (tertiary alicyclic amines) is 1. The van der Waals surface area contributed by atoms with E-state index in [1.807, 2.05) is 0 Å². The topological polar surface area (TPSA) is 58.6 Å². The Morgan fingerprint density at radius 1 is 1.39 bits per heavy atom. The molecule has 0 spiro atoms. The third kappa shape index (κ3) is 3.66. The van der Waals surface area contributed by atoms with Crippen molar-refractivity contribution in [2.45, 2.75) is 38.8 Å². The first-order chi connectivity index (χ1) is 8.50. The van der Waals surface area contributed by atoms with Gasteiger partial charge >= 0.3 is 0 Å². The van der Waals surface area contributed by atoms with Crippen molar-refractivity contribution in [3.63, 3.8) is 0 Å². The maximum absolute atomic E-state index is 12.1. The van der Waals surface area contributed by atoms with Crippen LogP contribution >= 0.6 is 0 Å². The van der Waals surface area contributed by atoms with Gasteiger partial charge in [-0.15, -0.1) is 0 Å². The Morgan fingerprint density at radius 2 is 2.17 bits per heavy atom. The van der Waals surface area contributed by atoms with Crippen molar-refractivity contribution in [3.05, 3.63) is 0 Å². The van der Waals surface area contributed by atoms with E-state index in [9.17, 15) is 8.42 Å². The molecule has 2 aliphatic heterocycles. The lowest BCUT2D eigenvalue weighted by Gasteiger charge is -2.18. The highest BCUT2D eigenvalue weighted by atomic mass is 32.2. The molecule has 0 aromatic heterocycles. The molecule has 2 rings (SSSR count). The minimum atomic E-state index is -3.21. The molecule has 0 amide bonds.